The van der Waals surface area contributed by atoms with E-state index in [1.165, 1.54) is 12.1 Å². The topological polar surface area (TPSA) is 54.4 Å². The zero-order chi connectivity index (χ0) is 10.7. The Morgan fingerprint density at radius 3 is 2.71 bits per heavy atom. The lowest BCUT2D eigenvalue weighted by Gasteiger charge is -2.05. The van der Waals surface area contributed by atoms with Gasteiger partial charge >= 0.3 is 5.97 Å². The predicted octanol–water partition coefficient (Wildman–Crippen LogP) is 2.17. The quantitative estimate of drug-likeness (QED) is 0.869. The Hall–Kier alpha value is -0.870. The highest BCUT2D eigenvalue weighted by Crippen LogP contribution is 2.22. The lowest BCUT2D eigenvalue weighted by molar-refractivity contribution is 0.0693. The summed E-state index contributed by atoms with van der Waals surface area (Å²) in [6, 6.07) is 4.59. The van der Waals surface area contributed by atoms with Crippen LogP contribution in [0.25, 0.3) is 0 Å². The Kier molecular flexibility index (Phi) is 3.66. The van der Waals surface area contributed by atoms with Crippen molar-refractivity contribution < 1.29 is 14.1 Å². The van der Waals surface area contributed by atoms with Crippen LogP contribution in [-0.2, 0) is 10.8 Å². The summed E-state index contributed by atoms with van der Waals surface area (Å²) in [5.74, 6) is -0.770. The van der Waals surface area contributed by atoms with Gasteiger partial charge in [0.15, 0.2) is 0 Å². The van der Waals surface area contributed by atoms with Crippen LogP contribution < -0.4 is 0 Å². The molecule has 76 valence electrons. The summed E-state index contributed by atoms with van der Waals surface area (Å²) in [5.41, 5.74) is -0.0608. The number of aromatic carboxylic acids is 1. The van der Waals surface area contributed by atoms with Gasteiger partial charge in [-0.05, 0) is 12.1 Å². The average Bonchev–Trinajstić information content (AvgIpc) is 2.15. The van der Waals surface area contributed by atoms with Crippen molar-refractivity contribution in [1.29, 1.82) is 0 Å². The maximum Gasteiger partial charge on any atom is 0.338 e. The maximum absolute atomic E-state index is 11.5. The molecule has 1 atom stereocenters. The second kappa shape index (κ2) is 4.57. The first-order valence-electron chi connectivity index (χ1n) is 3.98. The number of carboxylic acids is 1. The number of halogens is 1. The number of hydrogen-bond donors (Lipinski definition) is 1. The van der Waals surface area contributed by atoms with Gasteiger partial charge < -0.3 is 5.11 Å². The van der Waals surface area contributed by atoms with Gasteiger partial charge in [0.05, 0.1) is 26.3 Å². The van der Waals surface area contributed by atoms with Crippen molar-refractivity contribution >= 4 is 28.4 Å². The number of carboxylic acid groups (broad SMARTS) is 1. The number of rotatable bonds is 3. The van der Waals surface area contributed by atoms with Gasteiger partial charge in [0, 0.05) is 5.75 Å². The first-order valence-corrected chi connectivity index (χ1v) is 5.67. The van der Waals surface area contributed by atoms with Crippen LogP contribution in [0.4, 0.5) is 0 Å². The molecule has 1 rings (SSSR count). The Morgan fingerprint density at radius 2 is 2.21 bits per heavy atom. The van der Waals surface area contributed by atoms with Crippen LogP contribution in [-0.4, -0.2) is 21.0 Å². The van der Waals surface area contributed by atoms with Gasteiger partial charge in [0.25, 0.3) is 0 Å². The van der Waals surface area contributed by atoms with Crippen LogP contribution in [0.1, 0.15) is 17.3 Å². The van der Waals surface area contributed by atoms with Gasteiger partial charge in [-0.25, -0.2) is 4.79 Å². The molecule has 0 spiro atoms. The smallest absolute Gasteiger partial charge is 0.338 e. The minimum Gasteiger partial charge on any atom is -0.478 e. The summed E-state index contributed by atoms with van der Waals surface area (Å²) >= 11 is 5.71. The van der Waals surface area contributed by atoms with E-state index < -0.39 is 16.8 Å². The zero-order valence-corrected chi connectivity index (χ0v) is 9.06. The Morgan fingerprint density at radius 1 is 1.57 bits per heavy atom. The molecule has 0 aliphatic heterocycles. The van der Waals surface area contributed by atoms with Gasteiger partial charge in [0.2, 0.25) is 0 Å². The van der Waals surface area contributed by atoms with E-state index in [1.807, 2.05) is 0 Å². The lowest BCUT2D eigenvalue weighted by atomic mass is 10.2. The van der Waals surface area contributed by atoms with Gasteiger partial charge in [0.1, 0.15) is 0 Å². The molecule has 0 aromatic heterocycles. The van der Waals surface area contributed by atoms with Crippen LogP contribution in [0.15, 0.2) is 23.1 Å². The standard InChI is InChI=1S/C9H9ClO3S/c1-2-14(13)7-5-3-4-6(10)8(7)9(11)12/h3-5H,2H2,1H3,(H,11,12)/t14-/m0/s1. The van der Waals surface area contributed by atoms with Crippen molar-refractivity contribution in [3.05, 3.63) is 28.8 Å². The van der Waals surface area contributed by atoms with E-state index in [0.717, 1.165) is 0 Å². The second-order valence-electron chi connectivity index (χ2n) is 2.55. The third kappa shape index (κ3) is 2.13. The molecule has 1 aromatic carbocycles. The Bertz CT molecular complexity index is 390. The molecule has 0 heterocycles. The summed E-state index contributed by atoms with van der Waals surface area (Å²) in [4.78, 5) is 11.1. The summed E-state index contributed by atoms with van der Waals surface area (Å²) < 4.78 is 11.5. The molecule has 14 heavy (non-hydrogen) atoms. The monoisotopic (exact) mass is 232 g/mol. The molecule has 0 bridgehead atoms. The molecular weight excluding hydrogens is 224 g/mol. The molecule has 0 radical (unpaired) electrons. The molecule has 5 heteroatoms. The molecule has 0 aliphatic carbocycles. The van der Waals surface area contributed by atoms with E-state index >= 15 is 0 Å². The molecule has 1 N–H and O–H groups in total. The average molecular weight is 233 g/mol. The largest absolute Gasteiger partial charge is 0.478 e. The zero-order valence-electron chi connectivity index (χ0n) is 7.49. The van der Waals surface area contributed by atoms with Gasteiger partial charge in [-0.1, -0.05) is 24.6 Å². The number of hydrogen-bond acceptors (Lipinski definition) is 2. The fourth-order valence-corrected chi connectivity index (χ4v) is 2.33. The summed E-state index contributed by atoms with van der Waals surface area (Å²) in [7, 11) is -1.30. The highest BCUT2D eigenvalue weighted by molar-refractivity contribution is 7.85. The molecule has 0 aliphatic rings. The van der Waals surface area contributed by atoms with Crippen molar-refractivity contribution in [2.75, 3.05) is 5.75 Å². The molecule has 0 unspecified atom stereocenters. The molecular formula is C9H9ClO3S. The third-order valence-electron chi connectivity index (χ3n) is 1.70. The Labute approximate surface area is 89.2 Å². The molecule has 0 amide bonds. The summed E-state index contributed by atoms with van der Waals surface area (Å²) in [5, 5.41) is 8.99. The van der Waals surface area contributed by atoms with Crippen LogP contribution in [0, 0.1) is 0 Å². The van der Waals surface area contributed by atoms with Crippen LogP contribution in [0.2, 0.25) is 5.02 Å². The van der Waals surface area contributed by atoms with E-state index in [2.05, 4.69) is 0 Å². The van der Waals surface area contributed by atoms with Gasteiger partial charge in [-0.15, -0.1) is 0 Å². The van der Waals surface area contributed by atoms with Crippen LogP contribution in [0.3, 0.4) is 0 Å². The molecule has 0 saturated heterocycles. The Balaban J connectivity index is 3.35. The fraction of sp³-hybridized carbons (Fsp3) is 0.222. The third-order valence-corrected chi connectivity index (χ3v) is 3.37. The van der Waals surface area contributed by atoms with E-state index in [0.29, 0.717) is 5.75 Å². The predicted molar refractivity (Wildman–Crippen MR) is 55.4 cm³/mol. The number of benzene rings is 1. The van der Waals surface area contributed by atoms with Crippen molar-refractivity contribution in [1.82, 2.24) is 0 Å². The van der Waals surface area contributed by atoms with Crippen molar-refractivity contribution in [2.45, 2.75) is 11.8 Å². The highest BCUT2D eigenvalue weighted by atomic mass is 35.5. The van der Waals surface area contributed by atoms with Crippen molar-refractivity contribution in [3.8, 4) is 0 Å². The van der Waals surface area contributed by atoms with E-state index in [1.54, 1.807) is 13.0 Å². The summed E-state index contributed by atoms with van der Waals surface area (Å²) in [6.07, 6.45) is 0. The minimum atomic E-state index is -1.30. The van der Waals surface area contributed by atoms with E-state index in [9.17, 15) is 9.00 Å². The van der Waals surface area contributed by atoms with E-state index in [4.69, 9.17) is 16.7 Å². The van der Waals surface area contributed by atoms with Gasteiger partial charge in [-0.3, -0.25) is 4.21 Å². The lowest BCUT2D eigenvalue weighted by Crippen LogP contribution is -2.06. The number of carbonyl (C=O) groups is 1. The maximum atomic E-state index is 11.5. The molecule has 0 fully saturated rings. The second-order valence-corrected chi connectivity index (χ2v) is 4.67. The first-order chi connectivity index (χ1) is 6.57. The summed E-state index contributed by atoms with van der Waals surface area (Å²) in [6.45, 7) is 1.72. The fourth-order valence-electron chi connectivity index (χ4n) is 1.06. The van der Waals surface area contributed by atoms with Crippen LogP contribution in [0.5, 0.6) is 0 Å². The van der Waals surface area contributed by atoms with Gasteiger partial charge in [-0.2, -0.15) is 0 Å². The van der Waals surface area contributed by atoms with E-state index in [-0.39, 0.29) is 15.5 Å². The molecule has 0 saturated carbocycles. The normalized spacial score (nSPS) is 12.4. The van der Waals surface area contributed by atoms with Crippen molar-refractivity contribution in [2.24, 2.45) is 0 Å². The minimum absolute atomic E-state index is 0.0608. The molecule has 3 nitrogen and oxygen atoms in total. The molecule has 1 aromatic rings. The highest BCUT2D eigenvalue weighted by Gasteiger charge is 2.17. The van der Waals surface area contributed by atoms with Crippen molar-refractivity contribution in [3.63, 3.8) is 0 Å². The first kappa shape index (κ1) is 11.2. The SMILES string of the molecule is CC[S@](=O)c1cccc(Cl)c1C(=O)O. The van der Waals surface area contributed by atoms with Crippen LogP contribution >= 0.6 is 11.6 Å².